The molecule has 7 rings (SSSR count). The highest BCUT2D eigenvalue weighted by molar-refractivity contribution is 6.08. The number of hydrogen-bond donors (Lipinski definition) is 7. The van der Waals surface area contributed by atoms with Gasteiger partial charge in [0.15, 0.2) is 17.4 Å². The molecule has 2 unspecified atom stereocenters. The third-order valence-electron chi connectivity index (χ3n) is 10.7. The van der Waals surface area contributed by atoms with Crippen molar-refractivity contribution < 1.29 is 58.5 Å². The number of phenolic OH excluding ortho intramolecular Hbond substituents is 1. The first-order valence-corrected chi connectivity index (χ1v) is 19.4. The van der Waals surface area contributed by atoms with Crippen LogP contribution in [0.25, 0.3) is 22.1 Å². The number of aryl methyl sites for hydroxylation is 2. The van der Waals surface area contributed by atoms with Crippen LogP contribution in [-0.2, 0) is 23.9 Å². The number of allylic oxidation sites excluding steroid dienone is 1. The highest BCUT2D eigenvalue weighted by atomic mass is 16.8. The Morgan fingerprint density at radius 3 is 2.48 bits per heavy atom. The fourth-order valence-corrected chi connectivity index (χ4v) is 7.76. The summed E-state index contributed by atoms with van der Waals surface area (Å²) >= 11 is 0. The lowest BCUT2D eigenvalue weighted by Crippen LogP contribution is -3.07. The topological polar surface area (TPSA) is 278 Å². The van der Waals surface area contributed by atoms with Crippen LogP contribution in [0.5, 0.6) is 11.5 Å². The van der Waals surface area contributed by atoms with Crippen molar-refractivity contribution in [3.63, 3.8) is 0 Å². The molecular formula is C43H46N6O12. The van der Waals surface area contributed by atoms with Gasteiger partial charge in [-0.25, -0.2) is 0 Å². The number of benzene rings is 3. The van der Waals surface area contributed by atoms with Crippen LogP contribution in [0.4, 0.5) is 0 Å². The lowest BCUT2D eigenvalue weighted by atomic mass is 9.96. The number of hydroxylamine groups is 2. The molecule has 1 saturated heterocycles. The summed E-state index contributed by atoms with van der Waals surface area (Å²) in [4.78, 5) is 54.0. The van der Waals surface area contributed by atoms with E-state index in [2.05, 4.69) is 15.3 Å². The van der Waals surface area contributed by atoms with E-state index in [-0.39, 0.29) is 52.4 Å². The molecule has 18 heteroatoms. The number of aliphatic hydroxyl groups excluding tert-OH is 2. The first-order chi connectivity index (χ1) is 29.2. The predicted molar refractivity (Wildman–Crippen MR) is 218 cm³/mol. The Bertz CT molecular complexity index is 2460. The molecule has 0 aliphatic carbocycles. The van der Waals surface area contributed by atoms with E-state index in [1.54, 1.807) is 24.5 Å². The summed E-state index contributed by atoms with van der Waals surface area (Å²) in [6, 6.07) is 15.1. The average Bonchev–Trinajstić information content (AvgIpc) is 3.81. The van der Waals surface area contributed by atoms with Gasteiger partial charge in [-0.05, 0) is 75.4 Å². The van der Waals surface area contributed by atoms with Crippen LogP contribution in [0.2, 0.25) is 0 Å². The van der Waals surface area contributed by atoms with Gasteiger partial charge < -0.3 is 60.6 Å². The standard InChI is InChI=1S/C43H46N6O12/c1-21-14-22(2)16-25(15-21)35-34-24(10-12-47-34)18-49(35)61-39-38(53)37(52)32(20-58-41(56)33(40(54)55)30(46-3)11-13-48-43(44)45)60-42(39)59-27-8-9-28-31(17-27)57-19-29(36(28)51)23-4-6-26(50)7-5-23/h4-10,12,14-19,30,32-33,35,37-39,42,46,50,52-53H,11,13,20H2,1-3H3,(H,54,55)(H4,44,45,48)/t30-,32+,33+,35?,37+,38-,39-,42+/m1/s1. The SMILES string of the molecule is CN[C@H](CCN=C(N)N)[C@@H](C(=O)[O-])C(=O)OC[C@@H]1O[C@H](Oc2ccc3c(=O)c(-c4ccc(O)cc4)coc3c2)[C@H](O[NH+]2C=C3C=CN=C3C2c2cc(C)cc(C)c2)[C@H](O)[C@H]1O. The van der Waals surface area contributed by atoms with Crippen LogP contribution >= 0.6 is 0 Å². The highest BCUT2D eigenvalue weighted by Crippen LogP contribution is 2.31. The Morgan fingerprint density at radius 1 is 1.05 bits per heavy atom. The minimum atomic E-state index is -1.81. The maximum atomic E-state index is 13.5. The zero-order chi connectivity index (χ0) is 43.5. The first kappa shape index (κ1) is 42.7. The smallest absolute Gasteiger partial charge is 0.316 e. The molecule has 4 heterocycles. The molecule has 18 nitrogen and oxygen atoms in total. The fraction of sp³-hybridized carbons (Fsp3) is 0.326. The Balaban J connectivity index is 1.17. The molecule has 1 fully saturated rings. The lowest BCUT2D eigenvalue weighted by molar-refractivity contribution is -1.07. The normalized spacial score (nSPS) is 24.0. The Kier molecular flexibility index (Phi) is 12.6. The monoisotopic (exact) mass is 838 g/mol. The number of ether oxygens (including phenoxy) is 3. The number of guanidine groups is 1. The number of rotatable bonds is 15. The van der Waals surface area contributed by atoms with Gasteiger partial charge in [-0.1, -0.05) is 29.3 Å². The lowest BCUT2D eigenvalue weighted by Gasteiger charge is -2.41. The zero-order valence-electron chi connectivity index (χ0n) is 33.4. The summed E-state index contributed by atoms with van der Waals surface area (Å²) in [5.74, 6) is -4.79. The minimum Gasteiger partial charge on any atom is -0.549 e. The van der Waals surface area contributed by atoms with E-state index in [0.29, 0.717) is 10.6 Å². The Labute approximate surface area is 349 Å². The van der Waals surface area contributed by atoms with Crippen LogP contribution in [0.3, 0.4) is 0 Å². The number of nitrogens with two attached hydrogens (primary N) is 2. The van der Waals surface area contributed by atoms with Gasteiger partial charge in [0.25, 0.3) is 0 Å². The van der Waals surface area contributed by atoms with Gasteiger partial charge in [-0.15, -0.1) is 0 Å². The summed E-state index contributed by atoms with van der Waals surface area (Å²) in [7, 11) is 1.45. The van der Waals surface area contributed by atoms with Gasteiger partial charge in [-0.2, -0.15) is 9.90 Å². The molecule has 1 aromatic heterocycles. The highest BCUT2D eigenvalue weighted by Gasteiger charge is 2.52. The van der Waals surface area contributed by atoms with Crippen LogP contribution in [0, 0.1) is 19.8 Å². The van der Waals surface area contributed by atoms with E-state index in [0.717, 1.165) is 28.0 Å². The molecule has 3 aliphatic rings. The Hall–Kier alpha value is -6.41. The maximum absolute atomic E-state index is 13.5. The van der Waals surface area contributed by atoms with E-state index < -0.39 is 67.3 Å². The maximum Gasteiger partial charge on any atom is 0.316 e. The van der Waals surface area contributed by atoms with E-state index in [9.17, 15) is 34.8 Å². The molecule has 3 aliphatic heterocycles. The second kappa shape index (κ2) is 18.1. The average molecular weight is 839 g/mol. The number of nitrogens with one attached hydrogen (secondary N) is 2. The second-order valence-corrected chi connectivity index (χ2v) is 15.0. The number of carbonyl (C=O) groups excluding carboxylic acids is 2. The second-order valence-electron chi connectivity index (χ2n) is 15.0. The number of aliphatic imine (C=N–C) groups is 2. The van der Waals surface area contributed by atoms with Crippen molar-refractivity contribution in [2.75, 3.05) is 20.2 Å². The summed E-state index contributed by atoms with van der Waals surface area (Å²) in [5.41, 5.74) is 15.8. The fourth-order valence-electron chi connectivity index (χ4n) is 7.76. The van der Waals surface area contributed by atoms with E-state index in [4.69, 9.17) is 34.9 Å². The van der Waals surface area contributed by atoms with Crippen LogP contribution in [0.15, 0.2) is 110 Å². The number of quaternary nitrogens is 1. The molecule has 9 atom stereocenters. The van der Waals surface area contributed by atoms with Crippen molar-refractivity contribution in [2.45, 2.75) is 63.1 Å². The number of esters is 1. The van der Waals surface area contributed by atoms with Crippen molar-refractivity contribution in [2.24, 2.45) is 27.4 Å². The number of nitrogens with zero attached hydrogens (tertiary/aromatic N) is 2. The molecule has 0 radical (unpaired) electrons. The van der Waals surface area contributed by atoms with Crippen molar-refractivity contribution in [1.82, 2.24) is 5.32 Å². The number of carboxylic acid groups (broad SMARTS) is 1. The van der Waals surface area contributed by atoms with Gasteiger partial charge >= 0.3 is 5.97 Å². The summed E-state index contributed by atoms with van der Waals surface area (Å²) in [5, 5.41) is 48.5. The van der Waals surface area contributed by atoms with Gasteiger partial charge in [0.05, 0.1) is 22.5 Å². The number of phenols is 1. The van der Waals surface area contributed by atoms with E-state index >= 15 is 0 Å². The largest absolute Gasteiger partial charge is 0.549 e. The zero-order valence-corrected chi connectivity index (χ0v) is 33.4. The third-order valence-corrected chi connectivity index (χ3v) is 10.7. The molecule has 3 aromatic carbocycles. The van der Waals surface area contributed by atoms with Gasteiger partial charge in [0.1, 0.15) is 66.1 Å². The molecule has 0 bridgehead atoms. The van der Waals surface area contributed by atoms with Crippen LogP contribution in [-0.4, -0.2) is 95.9 Å². The summed E-state index contributed by atoms with van der Waals surface area (Å²) < 4.78 is 23.8. The quantitative estimate of drug-likeness (QED) is 0.0346. The number of hydrogen-bond acceptors (Lipinski definition) is 15. The van der Waals surface area contributed by atoms with Gasteiger partial charge in [-0.3, -0.25) is 19.6 Å². The molecule has 0 spiro atoms. The third kappa shape index (κ3) is 9.19. The molecule has 4 aromatic rings. The number of aromatic hydroxyl groups is 1. The first-order valence-electron chi connectivity index (χ1n) is 19.4. The Morgan fingerprint density at radius 2 is 1.79 bits per heavy atom. The van der Waals surface area contributed by atoms with Crippen LogP contribution < -0.4 is 37.1 Å². The van der Waals surface area contributed by atoms with Crippen LogP contribution in [0.1, 0.15) is 29.2 Å². The minimum absolute atomic E-state index is 0.00335. The van der Waals surface area contributed by atoms with E-state index in [1.807, 2.05) is 38.1 Å². The molecule has 0 saturated carbocycles. The molecule has 0 amide bonds. The van der Waals surface area contributed by atoms with Gasteiger partial charge in [0, 0.05) is 30.4 Å². The predicted octanol–water partition coefficient (Wildman–Crippen LogP) is -0.439. The number of aliphatic carboxylic acids is 1. The van der Waals surface area contributed by atoms with E-state index in [1.165, 1.54) is 43.6 Å². The molecule has 320 valence electrons. The molecular weight excluding hydrogens is 793 g/mol. The number of fused-ring (bicyclic) bond motifs is 2. The van der Waals surface area contributed by atoms with Gasteiger partial charge in [0.2, 0.25) is 12.4 Å². The van der Waals surface area contributed by atoms with Crippen molar-refractivity contribution in [3.05, 3.63) is 118 Å². The number of aliphatic hydroxyl groups is 2. The summed E-state index contributed by atoms with van der Waals surface area (Å²) in [6.07, 6.45) is -1.21. The summed E-state index contributed by atoms with van der Waals surface area (Å²) in [6.45, 7) is 3.24. The number of carboxylic acids is 1. The molecule has 9 N–H and O–H groups in total. The van der Waals surface area contributed by atoms with Crippen molar-refractivity contribution >= 4 is 34.6 Å². The van der Waals surface area contributed by atoms with Crippen molar-refractivity contribution in [1.29, 1.82) is 0 Å². The molecule has 61 heavy (non-hydrogen) atoms. The number of carbonyl (C=O) groups is 2. The van der Waals surface area contributed by atoms with Crippen molar-refractivity contribution in [3.8, 4) is 22.6 Å².